The maximum atomic E-state index is 13.5. The molecule has 1 amide bonds. The number of nitrogens with zero attached hydrogens (tertiary/aromatic N) is 4. The first-order chi connectivity index (χ1) is 17.8. The van der Waals surface area contributed by atoms with Gasteiger partial charge in [0, 0.05) is 60.8 Å². The van der Waals surface area contributed by atoms with Crippen LogP contribution in [-0.4, -0.2) is 57.4 Å². The molecule has 8 heteroatoms. The molecule has 37 heavy (non-hydrogen) atoms. The number of benzene rings is 2. The Labute approximate surface area is 233 Å². The van der Waals surface area contributed by atoms with E-state index in [1.165, 1.54) is 12.8 Å². The molecule has 2 bridgehead atoms. The number of amides is 1. The van der Waals surface area contributed by atoms with E-state index in [2.05, 4.69) is 67.1 Å². The van der Waals surface area contributed by atoms with E-state index in [1.807, 2.05) is 50.8 Å². The van der Waals surface area contributed by atoms with Crippen molar-refractivity contribution in [2.75, 3.05) is 29.7 Å². The van der Waals surface area contributed by atoms with Crippen LogP contribution in [0, 0.1) is 13.8 Å². The van der Waals surface area contributed by atoms with E-state index >= 15 is 0 Å². The number of alkyl halides is 1. The fraction of sp³-hybridized carbons (Fsp3) is 0.448. The van der Waals surface area contributed by atoms with E-state index in [-0.39, 0.29) is 11.9 Å². The molecule has 2 aliphatic heterocycles. The van der Waals surface area contributed by atoms with Gasteiger partial charge in [-0.05, 0) is 69.0 Å². The van der Waals surface area contributed by atoms with Crippen molar-refractivity contribution in [1.29, 1.82) is 0 Å². The van der Waals surface area contributed by atoms with Crippen LogP contribution >= 0.6 is 22.6 Å². The van der Waals surface area contributed by atoms with Crippen LogP contribution in [0.1, 0.15) is 53.0 Å². The Hall–Kier alpha value is -2.59. The second-order valence-corrected chi connectivity index (χ2v) is 11.1. The minimum absolute atomic E-state index is 0.0457. The lowest BCUT2D eigenvalue weighted by atomic mass is 9.99. The van der Waals surface area contributed by atoms with Gasteiger partial charge in [0.15, 0.2) is 0 Å². The van der Waals surface area contributed by atoms with Crippen LogP contribution in [-0.2, 0) is 7.05 Å². The number of halogens is 1. The summed E-state index contributed by atoms with van der Waals surface area (Å²) in [5, 5.41) is 7.73. The van der Waals surface area contributed by atoms with Gasteiger partial charge in [0.2, 0.25) is 0 Å². The molecule has 2 aromatic carbocycles. The second-order valence-electron chi connectivity index (χ2n) is 10.4. The highest BCUT2D eigenvalue weighted by molar-refractivity contribution is 14.1. The predicted molar refractivity (Wildman–Crippen MR) is 157 cm³/mol. The summed E-state index contributed by atoms with van der Waals surface area (Å²) in [6, 6.07) is 13.5. The zero-order chi connectivity index (χ0) is 26.3. The van der Waals surface area contributed by atoms with Crippen molar-refractivity contribution in [2.45, 2.75) is 51.7 Å². The highest BCUT2D eigenvalue weighted by atomic mass is 127. The van der Waals surface area contributed by atoms with E-state index in [0.29, 0.717) is 12.1 Å². The molecular formula is C29H36IN5O2. The van der Waals surface area contributed by atoms with Gasteiger partial charge in [-0.15, -0.1) is 0 Å². The number of piperazine rings is 1. The molecule has 0 spiro atoms. The quantitative estimate of drug-likeness (QED) is 0.224. The number of rotatable bonds is 7. The van der Waals surface area contributed by atoms with E-state index in [4.69, 9.17) is 4.74 Å². The SMILES string of the molecule is COc1ccc([C@@H](C)NC(=O)c2cc(N3C[C@H]4CC[C@@H](C3)N4CI)ccc2C)cc1-c1cn(C)nc1C. The van der Waals surface area contributed by atoms with E-state index < -0.39 is 0 Å². The van der Waals surface area contributed by atoms with Crippen molar-refractivity contribution in [2.24, 2.45) is 7.05 Å². The van der Waals surface area contributed by atoms with Crippen LogP contribution in [0.4, 0.5) is 5.69 Å². The van der Waals surface area contributed by atoms with Gasteiger partial charge in [0.05, 0.1) is 23.4 Å². The van der Waals surface area contributed by atoms with Crippen LogP contribution in [0.25, 0.3) is 11.1 Å². The van der Waals surface area contributed by atoms with Crippen molar-refractivity contribution >= 4 is 34.2 Å². The van der Waals surface area contributed by atoms with Crippen LogP contribution in [0.2, 0.25) is 0 Å². The van der Waals surface area contributed by atoms with Gasteiger partial charge in [0.1, 0.15) is 5.75 Å². The number of aromatic nitrogens is 2. The van der Waals surface area contributed by atoms with Gasteiger partial charge in [-0.25, -0.2) is 0 Å². The molecule has 0 aliphatic carbocycles. The Balaban J connectivity index is 1.35. The van der Waals surface area contributed by atoms with Crippen LogP contribution in [0.3, 0.4) is 0 Å². The normalized spacial score (nSPS) is 20.2. The standard InChI is InChI=1S/C29H36IN5O2/c1-18-6-8-22(34-14-23-9-10-24(15-34)35(23)17-30)13-25(18)29(36)31-19(2)21-7-11-28(37-5)26(12-21)27-16-33(4)32-20(27)3/h6-8,11-13,16,19,23-24H,9-10,14-15,17H2,1-5H3,(H,31,36)/t19-,23-,24+/m1/s1. The van der Waals surface area contributed by atoms with Crippen molar-refractivity contribution in [3.05, 3.63) is 65.0 Å². The third-order valence-electron chi connectivity index (χ3n) is 7.98. The lowest BCUT2D eigenvalue weighted by molar-refractivity contribution is 0.0939. The Morgan fingerprint density at radius 1 is 1.14 bits per heavy atom. The molecule has 1 N–H and O–H groups in total. The number of nitrogens with one attached hydrogen (secondary N) is 1. The first-order valence-electron chi connectivity index (χ1n) is 13.0. The van der Waals surface area contributed by atoms with Crippen LogP contribution in [0.15, 0.2) is 42.6 Å². The van der Waals surface area contributed by atoms with Gasteiger partial charge in [-0.2, -0.15) is 5.10 Å². The molecule has 3 atom stereocenters. The molecule has 1 aromatic heterocycles. The number of carbonyl (C=O) groups excluding carboxylic acids is 1. The number of methoxy groups -OCH3 is 1. The summed E-state index contributed by atoms with van der Waals surface area (Å²) >= 11 is 2.49. The lowest BCUT2D eigenvalue weighted by Gasteiger charge is -2.41. The van der Waals surface area contributed by atoms with E-state index in [1.54, 1.807) is 7.11 Å². The number of anilines is 1. The summed E-state index contributed by atoms with van der Waals surface area (Å²) in [6.45, 7) is 8.10. The number of aryl methyl sites for hydroxylation is 3. The summed E-state index contributed by atoms with van der Waals surface area (Å²) in [5.41, 5.74) is 6.84. The fourth-order valence-electron chi connectivity index (χ4n) is 5.87. The number of hydrogen-bond acceptors (Lipinski definition) is 5. The summed E-state index contributed by atoms with van der Waals surface area (Å²) in [5.74, 6) is 0.745. The maximum absolute atomic E-state index is 13.5. The third kappa shape index (κ3) is 5.10. The molecule has 7 nitrogen and oxygen atoms in total. The number of carbonyl (C=O) groups is 1. The largest absolute Gasteiger partial charge is 0.496 e. The van der Waals surface area contributed by atoms with Crippen molar-refractivity contribution < 1.29 is 9.53 Å². The molecule has 2 aliphatic rings. The molecule has 0 saturated carbocycles. The van der Waals surface area contributed by atoms with Crippen molar-refractivity contribution in [3.8, 4) is 16.9 Å². The Morgan fingerprint density at radius 3 is 2.49 bits per heavy atom. The topological polar surface area (TPSA) is 62.6 Å². The number of fused-ring (bicyclic) bond motifs is 2. The third-order valence-corrected chi connectivity index (χ3v) is 8.76. The highest BCUT2D eigenvalue weighted by Crippen LogP contribution is 2.35. The average Bonchev–Trinajstić information content (AvgIpc) is 3.35. The summed E-state index contributed by atoms with van der Waals surface area (Å²) in [4.78, 5) is 18.6. The Morgan fingerprint density at radius 2 is 1.86 bits per heavy atom. The average molecular weight is 614 g/mol. The minimum Gasteiger partial charge on any atom is -0.496 e. The smallest absolute Gasteiger partial charge is 0.252 e. The van der Waals surface area contributed by atoms with E-state index in [9.17, 15) is 4.79 Å². The molecule has 3 heterocycles. The molecule has 2 saturated heterocycles. The van der Waals surface area contributed by atoms with Gasteiger partial charge in [0.25, 0.3) is 5.91 Å². The molecule has 2 fully saturated rings. The summed E-state index contributed by atoms with van der Waals surface area (Å²) < 4.78 is 8.54. The van der Waals surface area contributed by atoms with Crippen LogP contribution in [0.5, 0.6) is 5.75 Å². The molecule has 196 valence electrons. The summed E-state index contributed by atoms with van der Waals surface area (Å²) in [6.07, 6.45) is 4.54. The molecule has 0 radical (unpaired) electrons. The lowest BCUT2D eigenvalue weighted by Crippen LogP contribution is -2.53. The number of hydrogen-bond donors (Lipinski definition) is 1. The first-order valence-corrected chi connectivity index (χ1v) is 14.5. The zero-order valence-electron chi connectivity index (χ0n) is 22.3. The molecular weight excluding hydrogens is 577 g/mol. The highest BCUT2D eigenvalue weighted by Gasteiger charge is 2.39. The van der Waals surface area contributed by atoms with Crippen LogP contribution < -0.4 is 15.0 Å². The van der Waals surface area contributed by atoms with Gasteiger partial charge in [-0.1, -0.05) is 34.7 Å². The second kappa shape index (κ2) is 10.6. The van der Waals surface area contributed by atoms with Gasteiger partial charge in [-0.3, -0.25) is 14.4 Å². The first kappa shape index (κ1) is 26.0. The molecule has 5 rings (SSSR count). The van der Waals surface area contributed by atoms with Crippen molar-refractivity contribution in [3.63, 3.8) is 0 Å². The number of ether oxygens (including phenoxy) is 1. The summed E-state index contributed by atoms with van der Waals surface area (Å²) in [7, 11) is 3.60. The monoisotopic (exact) mass is 613 g/mol. The minimum atomic E-state index is -0.166. The zero-order valence-corrected chi connectivity index (χ0v) is 24.4. The Bertz CT molecular complexity index is 1290. The fourth-order valence-corrected chi connectivity index (χ4v) is 6.99. The maximum Gasteiger partial charge on any atom is 0.252 e. The predicted octanol–water partition coefficient (Wildman–Crippen LogP) is 5.25. The van der Waals surface area contributed by atoms with Gasteiger partial charge < -0.3 is 15.0 Å². The molecule has 0 unspecified atom stereocenters. The Kier molecular flexibility index (Phi) is 7.49. The van der Waals surface area contributed by atoms with Gasteiger partial charge >= 0.3 is 0 Å². The van der Waals surface area contributed by atoms with Crippen molar-refractivity contribution in [1.82, 2.24) is 20.0 Å². The molecule has 3 aromatic rings. The van der Waals surface area contributed by atoms with E-state index in [0.717, 1.165) is 62.6 Å².